The average molecular weight is 453 g/mol. The molecule has 0 saturated carbocycles. The van der Waals surface area contributed by atoms with Crippen LogP contribution in [0.5, 0.6) is 0 Å². The molecule has 0 aliphatic carbocycles. The number of aromatic nitrogens is 1. The summed E-state index contributed by atoms with van der Waals surface area (Å²) in [7, 11) is 0. The highest BCUT2D eigenvalue weighted by Crippen LogP contribution is 2.51. The molecule has 0 radical (unpaired) electrons. The van der Waals surface area contributed by atoms with Crippen LogP contribution in [-0.4, -0.2) is 0 Å². The van der Waals surface area contributed by atoms with E-state index in [4.69, 9.17) is 0 Å². The van der Waals surface area contributed by atoms with Gasteiger partial charge in [-0.3, -0.25) is 0 Å². The van der Waals surface area contributed by atoms with E-state index < -0.39 is 0 Å². The van der Waals surface area contributed by atoms with Gasteiger partial charge in [0.2, 0.25) is 5.69 Å². The number of hydrogen-bond acceptors (Lipinski definition) is 0. The predicted octanol–water partition coefficient (Wildman–Crippen LogP) is 8.63. The fourth-order valence-electron chi connectivity index (χ4n) is 6.35. The Kier molecular flexibility index (Phi) is 6.85. The van der Waals surface area contributed by atoms with Gasteiger partial charge >= 0.3 is 0 Å². The highest BCUT2D eigenvalue weighted by atomic mass is 15.1. The molecule has 1 aliphatic rings. The Labute approximate surface area is 207 Å². The number of unbranched alkanes of at least 4 members (excludes halogenated alkanes) is 2. The Morgan fingerprint density at radius 3 is 2.29 bits per heavy atom. The van der Waals surface area contributed by atoms with Crippen molar-refractivity contribution in [1.82, 2.24) is 0 Å². The van der Waals surface area contributed by atoms with Crippen LogP contribution in [0.2, 0.25) is 0 Å². The molecule has 1 heteroatoms. The normalized spacial score (nSPS) is 21.1. The first-order valence-corrected chi connectivity index (χ1v) is 13.3. The van der Waals surface area contributed by atoms with Gasteiger partial charge in [-0.1, -0.05) is 87.2 Å². The molecule has 34 heavy (non-hydrogen) atoms. The van der Waals surface area contributed by atoms with Crippen LogP contribution in [-0.2, 0) is 17.4 Å². The molecule has 1 aliphatic heterocycles. The molecular formula is C33H42N+. The van der Waals surface area contributed by atoms with E-state index in [9.17, 15) is 0 Å². The van der Waals surface area contributed by atoms with Crippen molar-refractivity contribution in [2.24, 2.45) is 0 Å². The van der Waals surface area contributed by atoms with Crippen molar-refractivity contribution in [3.05, 3.63) is 89.6 Å². The third kappa shape index (κ3) is 3.74. The molecule has 3 aromatic rings. The first kappa shape index (κ1) is 24.5. The summed E-state index contributed by atoms with van der Waals surface area (Å²) >= 11 is 0. The van der Waals surface area contributed by atoms with Crippen molar-refractivity contribution in [3.8, 4) is 22.4 Å². The maximum Gasteiger partial charge on any atom is 0.213 e. The van der Waals surface area contributed by atoms with Crippen LogP contribution < -0.4 is 4.57 Å². The topological polar surface area (TPSA) is 3.88 Å². The number of allylic oxidation sites excluding steroid dienone is 1. The van der Waals surface area contributed by atoms with Gasteiger partial charge in [0.1, 0.15) is 0 Å². The first-order valence-electron chi connectivity index (χ1n) is 13.3. The Bertz CT molecular complexity index is 1200. The van der Waals surface area contributed by atoms with Crippen molar-refractivity contribution in [1.29, 1.82) is 0 Å². The van der Waals surface area contributed by atoms with Gasteiger partial charge in [-0.2, -0.15) is 4.57 Å². The summed E-state index contributed by atoms with van der Waals surface area (Å²) < 4.78 is 2.61. The molecule has 0 spiro atoms. The molecular weight excluding hydrogens is 410 g/mol. The Hall–Kier alpha value is -2.67. The van der Waals surface area contributed by atoms with Gasteiger partial charge in [0.25, 0.3) is 0 Å². The van der Waals surface area contributed by atoms with E-state index in [2.05, 4.69) is 113 Å². The third-order valence-electron chi connectivity index (χ3n) is 8.57. The fraction of sp³-hybridized carbons (Fsp3) is 0.424. The van der Waals surface area contributed by atoms with E-state index in [1.165, 1.54) is 63.9 Å². The van der Waals surface area contributed by atoms with Crippen LogP contribution in [0.15, 0.2) is 67.4 Å². The Balaban J connectivity index is 2.08. The summed E-state index contributed by atoms with van der Waals surface area (Å²) in [5.41, 5.74) is 10.8. The summed E-state index contributed by atoms with van der Waals surface area (Å²) in [5, 5.41) is 0. The average Bonchev–Trinajstić information content (AvgIpc) is 2.85. The zero-order chi connectivity index (χ0) is 24.5. The second kappa shape index (κ2) is 9.53. The molecule has 1 nitrogen and oxygen atoms in total. The Morgan fingerprint density at radius 2 is 1.65 bits per heavy atom. The van der Waals surface area contributed by atoms with E-state index in [-0.39, 0.29) is 11.0 Å². The first-order chi connectivity index (χ1) is 16.3. The zero-order valence-electron chi connectivity index (χ0n) is 22.2. The summed E-state index contributed by atoms with van der Waals surface area (Å²) in [6, 6.07) is 18.6. The molecule has 0 amide bonds. The number of pyridine rings is 1. The molecule has 178 valence electrons. The smallest absolute Gasteiger partial charge is 0.191 e. The van der Waals surface area contributed by atoms with Crippen molar-refractivity contribution < 1.29 is 4.57 Å². The molecule has 2 aromatic carbocycles. The van der Waals surface area contributed by atoms with Gasteiger partial charge in [-0.15, -0.1) is 6.58 Å². The van der Waals surface area contributed by atoms with Crippen LogP contribution in [0.3, 0.4) is 0 Å². The summed E-state index contributed by atoms with van der Waals surface area (Å²) in [6.07, 6.45) is 11.7. The summed E-state index contributed by atoms with van der Waals surface area (Å²) in [4.78, 5) is 0. The van der Waals surface area contributed by atoms with Gasteiger partial charge in [0, 0.05) is 25.0 Å². The van der Waals surface area contributed by atoms with Crippen LogP contribution in [0.25, 0.3) is 22.4 Å². The monoisotopic (exact) mass is 452 g/mol. The molecule has 1 aromatic heterocycles. The molecule has 2 unspecified atom stereocenters. The molecule has 0 bridgehead atoms. The number of benzene rings is 2. The minimum atomic E-state index is -0.115. The molecule has 0 N–H and O–H groups in total. The zero-order valence-corrected chi connectivity index (χ0v) is 22.2. The summed E-state index contributed by atoms with van der Waals surface area (Å²) in [6.45, 7) is 18.2. The highest BCUT2D eigenvalue weighted by Gasteiger charge is 2.57. The van der Waals surface area contributed by atoms with Crippen molar-refractivity contribution in [2.75, 3.05) is 0 Å². The number of rotatable bonds is 8. The quantitative estimate of drug-likeness (QED) is 0.183. The lowest BCUT2D eigenvalue weighted by Crippen LogP contribution is -2.68. The molecule has 0 fully saturated rings. The van der Waals surface area contributed by atoms with Gasteiger partial charge in [0.05, 0.1) is 11.0 Å². The van der Waals surface area contributed by atoms with Crippen molar-refractivity contribution >= 4 is 0 Å². The molecule has 2 atom stereocenters. The SMILES string of the molecule is C=CC1(CC)c2ccc(C)cc2-c2cc(CCCCC)c(-c3cccc(C)c3)c[n+]2C1(C)CC. The fourth-order valence-corrected chi connectivity index (χ4v) is 6.35. The Morgan fingerprint density at radius 1 is 0.882 bits per heavy atom. The van der Waals surface area contributed by atoms with E-state index in [0.717, 1.165) is 19.3 Å². The van der Waals surface area contributed by atoms with Gasteiger partial charge in [-0.05, 0) is 55.9 Å². The van der Waals surface area contributed by atoms with Gasteiger partial charge in [0.15, 0.2) is 11.7 Å². The minimum absolute atomic E-state index is 0.0956. The number of aryl methyl sites for hydroxylation is 3. The number of hydrogen-bond donors (Lipinski definition) is 0. The second-order valence-electron chi connectivity index (χ2n) is 10.5. The lowest BCUT2D eigenvalue weighted by molar-refractivity contribution is -0.763. The minimum Gasteiger partial charge on any atom is -0.191 e. The molecule has 2 heterocycles. The van der Waals surface area contributed by atoms with Crippen LogP contribution in [0, 0.1) is 13.8 Å². The third-order valence-corrected chi connectivity index (χ3v) is 8.57. The predicted molar refractivity (Wildman–Crippen MR) is 146 cm³/mol. The molecule has 0 saturated heterocycles. The van der Waals surface area contributed by atoms with E-state index in [1.807, 2.05) is 0 Å². The molecule has 4 rings (SSSR count). The van der Waals surface area contributed by atoms with E-state index in [1.54, 1.807) is 0 Å². The van der Waals surface area contributed by atoms with E-state index >= 15 is 0 Å². The number of nitrogens with zero attached hydrogens (tertiary/aromatic N) is 1. The van der Waals surface area contributed by atoms with Crippen LogP contribution in [0.4, 0.5) is 0 Å². The van der Waals surface area contributed by atoms with Gasteiger partial charge < -0.3 is 0 Å². The van der Waals surface area contributed by atoms with Crippen molar-refractivity contribution in [2.45, 2.75) is 91.0 Å². The number of fused-ring (bicyclic) bond motifs is 3. The van der Waals surface area contributed by atoms with Crippen LogP contribution in [0.1, 0.15) is 82.1 Å². The highest BCUT2D eigenvalue weighted by molar-refractivity contribution is 5.73. The largest absolute Gasteiger partial charge is 0.213 e. The summed E-state index contributed by atoms with van der Waals surface area (Å²) in [5.74, 6) is 0. The van der Waals surface area contributed by atoms with Gasteiger partial charge in [-0.25, -0.2) is 0 Å². The van der Waals surface area contributed by atoms with E-state index in [0.29, 0.717) is 0 Å². The van der Waals surface area contributed by atoms with Crippen LogP contribution >= 0.6 is 0 Å². The lowest BCUT2D eigenvalue weighted by Gasteiger charge is -2.46. The maximum absolute atomic E-state index is 4.41. The maximum atomic E-state index is 4.41. The second-order valence-corrected chi connectivity index (χ2v) is 10.5. The standard InChI is InChI=1S/C33H42N/c1-8-12-13-16-27-22-31-28-21-25(6)18-19-30(28)33(10-3,11-4)32(7,9-2)34(31)23-29(27)26-17-14-15-24(5)20-26/h10,14-15,17-23H,3,8-9,11-13,16H2,1-2,4-7H3/q+1. The van der Waals surface area contributed by atoms with Crippen molar-refractivity contribution in [3.63, 3.8) is 0 Å². The lowest BCUT2D eigenvalue weighted by atomic mass is 9.59.